The second-order valence-electron chi connectivity index (χ2n) is 6.32. The molecule has 0 aromatic carbocycles. The number of amides is 1. The smallest absolute Gasteiger partial charge is 0.326 e. The van der Waals surface area contributed by atoms with E-state index in [1.807, 2.05) is 0 Å². The molecule has 1 aliphatic heterocycles. The standard InChI is InChI=1S/C16H22N4O3/c1-11(16(22)23)20(13-2-3-13)15(21)12-4-8-19(9-5-12)14-10-17-6-7-18-14/h6-7,10-13H,2-5,8-9H2,1H3,(H,22,23). The Bertz CT molecular complexity index is 568. The molecule has 1 unspecified atom stereocenters. The zero-order valence-electron chi connectivity index (χ0n) is 13.3. The average Bonchev–Trinajstić information content (AvgIpc) is 3.40. The Morgan fingerprint density at radius 1 is 1.26 bits per heavy atom. The number of carboxylic acids is 1. The molecule has 1 aromatic heterocycles. The van der Waals surface area contributed by atoms with Gasteiger partial charge in [-0.25, -0.2) is 9.78 Å². The number of aromatic nitrogens is 2. The Balaban J connectivity index is 1.62. The number of nitrogens with zero attached hydrogens (tertiary/aromatic N) is 4. The van der Waals surface area contributed by atoms with E-state index in [1.165, 1.54) is 0 Å². The van der Waals surface area contributed by atoms with Crippen LogP contribution < -0.4 is 4.90 Å². The summed E-state index contributed by atoms with van der Waals surface area (Å²) in [4.78, 5) is 36.2. The third-order valence-corrected chi connectivity index (χ3v) is 4.69. The lowest BCUT2D eigenvalue weighted by atomic mass is 9.94. The fourth-order valence-electron chi connectivity index (χ4n) is 3.18. The van der Waals surface area contributed by atoms with Crippen LogP contribution in [-0.2, 0) is 9.59 Å². The van der Waals surface area contributed by atoms with Gasteiger partial charge in [0.15, 0.2) is 0 Å². The first-order valence-corrected chi connectivity index (χ1v) is 8.14. The van der Waals surface area contributed by atoms with Crippen molar-refractivity contribution in [2.24, 2.45) is 5.92 Å². The van der Waals surface area contributed by atoms with Gasteiger partial charge in [0, 0.05) is 37.4 Å². The molecule has 0 bridgehead atoms. The molecule has 7 nitrogen and oxygen atoms in total. The Morgan fingerprint density at radius 3 is 2.48 bits per heavy atom. The predicted octanol–water partition coefficient (Wildman–Crippen LogP) is 1.16. The maximum absolute atomic E-state index is 12.8. The zero-order chi connectivity index (χ0) is 16.4. The molecule has 1 N–H and O–H groups in total. The Hall–Kier alpha value is -2.18. The van der Waals surface area contributed by atoms with E-state index in [1.54, 1.807) is 30.4 Å². The summed E-state index contributed by atoms with van der Waals surface area (Å²) in [5.41, 5.74) is 0. The summed E-state index contributed by atoms with van der Waals surface area (Å²) in [5.74, 6) is -0.190. The Kier molecular flexibility index (Phi) is 4.45. The van der Waals surface area contributed by atoms with Crippen LogP contribution in [0.25, 0.3) is 0 Å². The fourth-order valence-corrected chi connectivity index (χ4v) is 3.18. The van der Waals surface area contributed by atoms with Crippen LogP contribution in [0.2, 0.25) is 0 Å². The van der Waals surface area contributed by atoms with E-state index in [2.05, 4.69) is 14.9 Å². The second kappa shape index (κ2) is 6.52. The lowest BCUT2D eigenvalue weighted by molar-refractivity contribution is -0.152. The van der Waals surface area contributed by atoms with Gasteiger partial charge in [0.2, 0.25) is 5.91 Å². The number of aliphatic carboxylic acids is 1. The topological polar surface area (TPSA) is 86.6 Å². The van der Waals surface area contributed by atoms with Gasteiger partial charge in [0.1, 0.15) is 11.9 Å². The molecular weight excluding hydrogens is 296 g/mol. The van der Waals surface area contributed by atoms with Crippen LogP contribution in [0, 0.1) is 5.92 Å². The largest absolute Gasteiger partial charge is 0.480 e. The molecule has 3 rings (SSSR count). The van der Waals surface area contributed by atoms with Crippen molar-refractivity contribution in [3.63, 3.8) is 0 Å². The number of carboxylic acid groups (broad SMARTS) is 1. The minimum atomic E-state index is -0.928. The van der Waals surface area contributed by atoms with Gasteiger partial charge in [-0.1, -0.05) is 0 Å². The van der Waals surface area contributed by atoms with Crippen LogP contribution >= 0.6 is 0 Å². The van der Waals surface area contributed by atoms with Gasteiger partial charge >= 0.3 is 5.97 Å². The van der Waals surface area contributed by atoms with E-state index in [0.29, 0.717) is 0 Å². The maximum Gasteiger partial charge on any atom is 0.326 e. The van der Waals surface area contributed by atoms with Crippen molar-refractivity contribution in [2.75, 3.05) is 18.0 Å². The minimum absolute atomic E-state index is 0.00111. The van der Waals surface area contributed by atoms with Crippen molar-refractivity contribution >= 4 is 17.7 Å². The molecule has 1 saturated carbocycles. The van der Waals surface area contributed by atoms with E-state index in [4.69, 9.17) is 0 Å². The van der Waals surface area contributed by atoms with E-state index in [-0.39, 0.29) is 17.9 Å². The van der Waals surface area contributed by atoms with Crippen molar-refractivity contribution in [3.8, 4) is 0 Å². The summed E-state index contributed by atoms with van der Waals surface area (Å²) in [6, 6.07) is -0.625. The van der Waals surface area contributed by atoms with Crippen LogP contribution in [0.4, 0.5) is 5.82 Å². The number of anilines is 1. The number of piperidine rings is 1. The fraction of sp³-hybridized carbons (Fsp3) is 0.625. The summed E-state index contributed by atoms with van der Waals surface area (Å²) in [6.07, 6.45) is 8.32. The molecule has 2 fully saturated rings. The molecule has 0 radical (unpaired) electrons. The van der Waals surface area contributed by atoms with Crippen molar-refractivity contribution in [1.82, 2.24) is 14.9 Å². The molecule has 1 aromatic rings. The molecule has 2 heterocycles. The van der Waals surface area contributed by atoms with Crippen LogP contribution in [-0.4, -0.2) is 57.0 Å². The molecule has 124 valence electrons. The number of rotatable bonds is 5. The molecule has 1 amide bonds. The lowest BCUT2D eigenvalue weighted by Gasteiger charge is -2.36. The van der Waals surface area contributed by atoms with Gasteiger partial charge in [-0.2, -0.15) is 0 Å². The van der Waals surface area contributed by atoms with Gasteiger partial charge < -0.3 is 14.9 Å². The van der Waals surface area contributed by atoms with E-state index >= 15 is 0 Å². The first-order valence-electron chi connectivity index (χ1n) is 8.14. The normalized spacial score (nSPS) is 20.1. The quantitative estimate of drug-likeness (QED) is 0.876. The minimum Gasteiger partial charge on any atom is -0.480 e. The maximum atomic E-state index is 12.8. The highest BCUT2D eigenvalue weighted by molar-refractivity contribution is 5.85. The van der Waals surface area contributed by atoms with Crippen LogP contribution in [0.5, 0.6) is 0 Å². The summed E-state index contributed by atoms with van der Waals surface area (Å²) < 4.78 is 0. The molecule has 2 aliphatic rings. The number of hydrogen-bond donors (Lipinski definition) is 1. The van der Waals surface area contributed by atoms with Crippen molar-refractivity contribution in [3.05, 3.63) is 18.6 Å². The molecule has 23 heavy (non-hydrogen) atoms. The van der Waals surface area contributed by atoms with Crippen LogP contribution in [0.15, 0.2) is 18.6 Å². The van der Waals surface area contributed by atoms with Crippen LogP contribution in [0.1, 0.15) is 32.6 Å². The SMILES string of the molecule is CC(C(=O)O)N(C(=O)C1CCN(c2cnccn2)CC1)C1CC1. The second-order valence-corrected chi connectivity index (χ2v) is 6.32. The van der Waals surface area contributed by atoms with Gasteiger partial charge in [-0.05, 0) is 32.6 Å². The van der Waals surface area contributed by atoms with Crippen LogP contribution in [0.3, 0.4) is 0 Å². The Labute approximate surface area is 135 Å². The highest BCUT2D eigenvalue weighted by Crippen LogP contribution is 2.32. The van der Waals surface area contributed by atoms with Crippen molar-refractivity contribution in [1.29, 1.82) is 0 Å². The molecule has 1 aliphatic carbocycles. The first kappa shape index (κ1) is 15.7. The lowest BCUT2D eigenvalue weighted by Crippen LogP contribution is -2.49. The van der Waals surface area contributed by atoms with Gasteiger partial charge in [0.25, 0.3) is 0 Å². The zero-order valence-corrected chi connectivity index (χ0v) is 13.3. The van der Waals surface area contributed by atoms with E-state index < -0.39 is 12.0 Å². The van der Waals surface area contributed by atoms with E-state index in [9.17, 15) is 14.7 Å². The molecular formula is C16H22N4O3. The number of carbonyl (C=O) groups is 2. The third-order valence-electron chi connectivity index (χ3n) is 4.69. The van der Waals surface area contributed by atoms with Gasteiger partial charge in [0.05, 0.1) is 6.20 Å². The van der Waals surface area contributed by atoms with Crippen molar-refractivity contribution in [2.45, 2.75) is 44.7 Å². The predicted molar refractivity (Wildman–Crippen MR) is 83.9 cm³/mol. The monoisotopic (exact) mass is 318 g/mol. The van der Waals surface area contributed by atoms with Gasteiger partial charge in [-0.3, -0.25) is 9.78 Å². The summed E-state index contributed by atoms with van der Waals surface area (Å²) in [7, 11) is 0. The number of hydrogen-bond acceptors (Lipinski definition) is 5. The first-order chi connectivity index (χ1) is 11.1. The molecule has 1 saturated heterocycles. The van der Waals surface area contributed by atoms with Gasteiger partial charge in [-0.15, -0.1) is 0 Å². The Morgan fingerprint density at radius 2 is 1.96 bits per heavy atom. The molecule has 7 heteroatoms. The third kappa shape index (κ3) is 3.43. The summed E-state index contributed by atoms with van der Waals surface area (Å²) in [6.45, 7) is 3.09. The van der Waals surface area contributed by atoms with E-state index in [0.717, 1.165) is 44.6 Å². The summed E-state index contributed by atoms with van der Waals surface area (Å²) >= 11 is 0. The number of carbonyl (C=O) groups excluding carboxylic acids is 1. The average molecular weight is 318 g/mol. The van der Waals surface area contributed by atoms with Crippen molar-refractivity contribution < 1.29 is 14.7 Å². The highest BCUT2D eigenvalue weighted by Gasteiger charge is 2.41. The summed E-state index contributed by atoms with van der Waals surface area (Å²) in [5, 5.41) is 9.25. The molecule has 0 spiro atoms. The molecule has 1 atom stereocenters. The highest BCUT2D eigenvalue weighted by atomic mass is 16.4.